The molecule has 0 heterocycles. The Morgan fingerprint density at radius 2 is 1.15 bits per heavy atom. The Kier molecular flexibility index (Phi) is 5.20. The maximum absolute atomic E-state index is 13.3. The molecule has 5 heteroatoms. The lowest BCUT2D eigenvalue weighted by atomic mass is 9.99. The van der Waals surface area contributed by atoms with Crippen molar-refractivity contribution in [2.75, 3.05) is 0 Å². The van der Waals surface area contributed by atoms with Crippen molar-refractivity contribution in [1.82, 2.24) is 4.72 Å². The minimum Gasteiger partial charge on any atom is -0.207 e. The molecule has 3 aromatic carbocycles. The van der Waals surface area contributed by atoms with E-state index in [2.05, 4.69) is 4.72 Å². The molecule has 0 saturated carbocycles. The predicted octanol–water partition coefficient (Wildman–Crippen LogP) is 4.51. The summed E-state index contributed by atoms with van der Waals surface area (Å²) in [6.45, 7) is 3.87. The Hall–Kier alpha value is -2.50. The summed E-state index contributed by atoms with van der Waals surface area (Å²) in [7, 11) is -3.74. The number of benzene rings is 3. The van der Waals surface area contributed by atoms with Crippen LogP contribution in [0.15, 0.2) is 77.7 Å². The van der Waals surface area contributed by atoms with Gasteiger partial charge in [-0.2, -0.15) is 4.72 Å². The van der Waals surface area contributed by atoms with Crippen LogP contribution in [0.25, 0.3) is 0 Å². The van der Waals surface area contributed by atoms with E-state index in [0.29, 0.717) is 5.56 Å². The van der Waals surface area contributed by atoms with Gasteiger partial charge in [0.05, 0.1) is 10.9 Å². The summed E-state index contributed by atoms with van der Waals surface area (Å²) in [5, 5.41) is 0. The lowest BCUT2D eigenvalue weighted by Gasteiger charge is -2.20. The highest BCUT2D eigenvalue weighted by Crippen LogP contribution is 2.25. The molecular formula is C21H20FNO2S. The zero-order valence-corrected chi connectivity index (χ0v) is 15.4. The largest absolute Gasteiger partial charge is 0.241 e. The first-order valence-corrected chi connectivity index (χ1v) is 9.74. The van der Waals surface area contributed by atoms with E-state index in [0.717, 1.165) is 16.7 Å². The molecule has 0 saturated heterocycles. The molecule has 3 aromatic rings. The second kappa shape index (κ2) is 7.40. The molecule has 0 fully saturated rings. The van der Waals surface area contributed by atoms with E-state index < -0.39 is 16.1 Å². The van der Waals surface area contributed by atoms with Crippen LogP contribution < -0.4 is 4.72 Å². The van der Waals surface area contributed by atoms with Crippen LogP contribution in [0.2, 0.25) is 0 Å². The zero-order chi connectivity index (χ0) is 18.7. The van der Waals surface area contributed by atoms with Gasteiger partial charge in [-0.3, -0.25) is 0 Å². The molecule has 0 spiro atoms. The fraction of sp³-hybridized carbons (Fsp3) is 0.143. The highest BCUT2D eigenvalue weighted by atomic mass is 32.2. The quantitative estimate of drug-likeness (QED) is 0.719. The average molecular weight is 369 g/mol. The van der Waals surface area contributed by atoms with E-state index in [4.69, 9.17) is 0 Å². The third-order valence-electron chi connectivity index (χ3n) is 4.22. The molecule has 0 amide bonds. The van der Waals surface area contributed by atoms with E-state index in [1.54, 1.807) is 36.4 Å². The van der Waals surface area contributed by atoms with Crippen molar-refractivity contribution in [3.05, 3.63) is 101 Å². The Balaban J connectivity index is 2.01. The number of sulfonamides is 1. The number of nitrogens with one attached hydrogen (secondary N) is 1. The summed E-state index contributed by atoms with van der Waals surface area (Å²) >= 11 is 0. The maximum atomic E-state index is 13.3. The van der Waals surface area contributed by atoms with Crippen LogP contribution in [0.1, 0.15) is 28.3 Å². The molecule has 0 aliphatic carbocycles. The van der Waals surface area contributed by atoms with Crippen molar-refractivity contribution < 1.29 is 12.8 Å². The first kappa shape index (κ1) is 18.3. The number of hydrogen-bond acceptors (Lipinski definition) is 2. The highest BCUT2D eigenvalue weighted by Gasteiger charge is 2.23. The maximum Gasteiger partial charge on any atom is 0.241 e. The van der Waals surface area contributed by atoms with Crippen molar-refractivity contribution in [2.24, 2.45) is 0 Å². The van der Waals surface area contributed by atoms with Gasteiger partial charge in [-0.15, -0.1) is 0 Å². The zero-order valence-electron chi connectivity index (χ0n) is 14.6. The normalized spacial score (nSPS) is 12.7. The van der Waals surface area contributed by atoms with E-state index in [1.807, 2.05) is 38.1 Å². The van der Waals surface area contributed by atoms with Crippen molar-refractivity contribution in [3.63, 3.8) is 0 Å². The van der Waals surface area contributed by atoms with Crippen molar-refractivity contribution in [3.8, 4) is 0 Å². The Labute approximate surface area is 153 Å². The number of halogens is 1. The van der Waals surface area contributed by atoms with E-state index >= 15 is 0 Å². The molecule has 26 heavy (non-hydrogen) atoms. The highest BCUT2D eigenvalue weighted by molar-refractivity contribution is 7.89. The second-order valence-corrected chi connectivity index (χ2v) is 8.04. The topological polar surface area (TPSA) is 46.2 Å². The molecule has 0 unspecified atom stereocenters. The Morgan fingerprint density at radius 3 is 1.65 bits per heavy atom. The minimum atomic E-state index is -3.74. The van der Waals surface area contributed by atoms with Crippen LogP contribution in [0, 0.1) is 19.7 Å². The molecule has 1 N–H and O–H groups in total. The molecule has 3 nitrogen and oxygen atoms in total. The third kappa shape index (κ3) is 4.18. The molecule has 0 aromatic heterocycles. The van der Waals surface area contributed by atoms with Crippen LogP contribution in [-0.4, -0.2) is 8.42 Å². The van der Waals surface area contributed by atoms with E-state index in [9.17, 15) is 12.8 Å². The van der Waals surface area contributed by atoms with Gasteiger partial charge in [0.15, 0.2) is 0 Å². The van der Waals surface area contributed by atoms with Gasteiger partial charge < -0.3 is 0 Å². The van der Waals surface area contributed by atoms with E-state index in [1.165, 1.54) is 12.1 Å². The van der Waals surface area contributed by atoms with Gasteiger partial charge in [-0.05, 0) is 49.2 Å². The average Bonchev–Trinajstić information content (AvgIpc) is 2.62. The van der Waals surface area contributed by atoms with Crippen molar-refractivity contribution in [1.29, 1.82) is 0 Å². The van der Waals surface area contributed by atoms with Crippen LogP contribution in [0.4, 0.5) is 4.39 Å². The predicted molar refractivity (Wildman–Crippen MR) is 101 cm³/mol. The number of aryl methyl sites for hydroxylation is 2. The Morgan fingerprint density at radius 1 is 0.731 bits per heavy atom. The smallest absolute Gasteiger partial charge is 0.207 e. The van der Waals surface area contributed by atoms with Gasteiger partial charge in [-0.1, -0.05) is 59.7 Å². The van der Waals surface area contributed by atoms with Gasteiger partial charge in [0.1, 0.15) is 5.82 Å². The van der Waals surface area contributed by atoms with Crippen LogP contribution >= 0.6 is 0 Å². The van der Waals surface area contributed by atoms with Crippen LogP contribution in [0.5, 0.6) is 0 Å². The molecule has 1 atom stereocenters. The van der Waals surface area contributed by atoms with Crippen LogP contribution in [-0.2, 0) is 10.0 Å². The number of hydrogen-bond donors (Lipinski definition) is 1. The summed E-state index contributed by atoms with van der Waals surface area (Å²) in [5.74, 6) is -0.363. The summed E-state index contributed by atoms with van der Waals surface area (Å²) in [4.78, 5) is 0.197. The standard InChI is InChI=1S/C21H20FNO2S/c1-15-3-7-17(8-4-15)21(18-9-11-19(22)12-10-18)23-26(24,25)20-13-5-16(2)6-14-20/h3-14,21,23H,1-2H3/t21-/m0/s1. The first-order valence-electron chi connectivity index (χ1n) is 8.26. The fourth-order valence-corrected chi connectivity index (χ4v) is 3.90. The van der Waals surface area contributed by atoms with Crippen molar-refractivity contribution >= 4 is 10.0 Å². The summed E-state index contributed by atoms with van der Waals surface area (Å²) in [6.07, 6.45) is 0. The second-order valence-electron chi connectivity index (χ2n) is 6.33. The molecule has 0 bridgehead atoms. The monoisotopic (exact) mass is 369 g/mol. The lowest BCUT2D eigenvalue weighted by molar-refractivity contribution is 0.571. The summed E-state index contributed by atoms with van der Waals surface area (Å²) < 4.78 is 41.8. The molecule has 134 valence electrons. The van der Waals surface area contributed by atoms with Crippen molar-refractivity contribution in [2.45, 2.75) is 24.8 Å². The summed E-state index contributed by atoms with van der Waals surface area (Å²) in [5.41, 5.74) is 3.52. The van der Waals surface area contributed by atoms with Gasteiger partial charge in [-0.25, -0.2) is 12.8 Å². The molecular weight excluding hydrogens is 349 g/mol. The molecule has 0 aliphatic rings. The fourth-order valence-electron chi connectivity index (χ4n) is 2.68. The van der Waals surface area contributed by atoms with Gasteiger partial charge in [0.25, 0.3) is 0 Å². The SMILES string of the molecule is Cc1ccc([C@H](NS(=O)(=O)c2ccc(C)cc2)c2ccc(F)cc2)cc1. The lowest BCUT2D eigenvalue weighted by Crippen LogP contribution is -2.29. The summed E-state index contributed by atoms with van der Waals surface area (Å²) in [6, 6.07) is 19.5. The van der Waals surface area contributed by atoms with Crippen LogP contribution in [0.3, 0.4) is 0 Å². The molecule has 0 aliphatic heterocycles. The number of rotatable bonds is 5. The van der Waals surface area contributed by atoms with Gasteiger partial charge in [0.2, 0.25) is 10.0 Å². The first-order chi connectivity index (χ1) is 12.3. The molecule has 0 radical (unpaired) electrons. The van der Waals surface area contributed by atoms with Gasteiger partial charge in [0, 0.05) is 0 Å². The molecule has 3 rings (SSSR count). The third-order valence-corrected chi connectivity index (χ3v) is 5.66. The van der Waals surface area contributed by atoms with Gasteiger partial charge >= 0.3 is 0 Å². The van der Waals surface area contributed by atoms with E-state index in [-0.39, 0.29) is 10.7 Å². The Bertz CT molecular complexity index is 934. The minimum absolute atomic E-state index is 0.197.